The molecular weight excluding hydrogens is 319 g/mol. The maximum Gasteiger partial charge on any atom is 0.258 e. The van der Waals surface area contributed by atoms with Gasteiger partial charge in [0.2, 0.25) is 0 Å². The summed E-state index contributed by atoms with van der Waals surface area (Å²) >= 11 is 0. The van der Waals surface area contributed by atoms with Crippen molar-refractivity contribution in [2.45, 2.75) is 12.8 Å². The second-order valence-electron chi connectivity index (χ2n) is 5.78. The van der Waals surface area contributed by atoms with E-state index in [0.29, 0.717) is 29.6 Å². The van der Waals surface area contributed by atoms with E-state index in [4.69, 9.17) is 0 Å². The third-order valence-electron chi connectivity index (χ3n) is 4.02. The van der Waals surface area contributed by atoms with E-state index in [1.54, 1.807) is 18.3 Å². The molecule has 2 aromatic heterocycles. The van der Waals surface area contributed by atoms with Gasteiger partial charge in [0.15, 0.2) is 0 Å². The Morgan fingerprint density at radius 3 is 2.68 bits per heavy atom. The molecule has 0 aliphatic heterocycles. The van der Waals surface area contributed by atoms with Crippen LogP contribution in [0, 0.1) is 5.82 Å². The predicted octanol–water partition coefficient (Wildman–Crippen LogP) is 3.24. The molecule has 0 radical (unpaired) electrons. The smallest absolute Gasteiger partial charge is 0.258 e. The molecule has 0 unspecified atom stereocenters. The van der Waals surface area contributed by atoms with Crippen LogP contribution in [0.25, 0.3) is 22.2 Å². The number of aryl methyl sites for hydroxylation is 2. The van der Waals surface area contributed by atoms with E-state index in [9.17, 15) is 9.18 Å². The minimum absolute atomic E-state index is 0.138. The summed E-state index contributed by atoms with van der Waals surface area (Å²) in [6.45, 7) is 0. The highest BCUT2D eigenvalue weighted by Gasteiger charge is 2.07. The Morgan fingerprint density at radius 1 is 0.960 bits per heavy atom. The predicted molar refractivity (Wildman–Crippen MR) is 93.8 cm³/mol. The molecule has 5 nitrogen and oxygen atoms in total. The fraction of sp³-hybridized carbons (Fsp3) is 0.105. The summed E-state index contributed by atoms with van der Waals surface area (Å²) in [5.41, 5.74) is 2.05. The van der Waals surface area contributed by atoms with Gasteiger partial charge in [0, 0.05) is 18.4 Å². The van der Waals surface area contributed by atoms with E-state index in [1.807, 2.05) is 24.3 Å². The Kier molecular flexibility index (Phi) is 3.85. The van der Waals surface area contributed by atoms with Crippen LogP contribution >= 0.6 is 0 Å². The topological polar surface area (TPSA) is 74.4 Å². The van der Waals surface area contributed by atoms with E-state index in [-0.39, 0.29) is 11.4 Å². The van der Waals surface area contributed by atoms with E-state index in [2.05, 4.69) is 19.9 Å². The lowest BCUT2D eigenvalue weighted by Gasteiger charge is -2.02. The minimum Gasteiger partial charge on any atom is -0.342 e. The van der Waals surface area contributed by atoms with Crippen LogP contribution < -0.4 is 5.56 Å². The van der Waals surface area contributed by atoms with Gasteiger partial charge in [-0.25, -0.2) is 14.4 Å². The molecule has 0 bridgehead atoms. The summed E-state index contributed by atoms with van der Waals surface area (Å²) in [7, 11) is 0. The molecule has 124 valence electrons. The average molecular weight is 334 g/mol. The lowest BCUT2D eigenvalue weighted by Crippen LogP contribution is -2.12. The lowest BCUT2D eigenvalue weighted by atomic mass is 10.2. The molecular formula is C19H15FN4O. The van der Waals surface area contributed by atoms with Gasteiger partial charge >= 0.3 is 0 Å². The molecule has 0 saturated carbocycles. The van der Waals surface area contributed by atoms with Crippen LogP contribution in [0.3, 0.4) is 0 Å². The molecule has 4 aromatic rings. The Morgan fingerprint density at radius 2 is 1.80 bits per heavy atom. The average Bonchev–Trinajstić information content (AvgIpc) is 3.09. The third-order valence-corrected chi connectivity index (χ3v) is 4.02. The van der Waals surface area contributed by atoms with Crippen LogP contribution in [0.2, 0.25) is 0 Å². The van der Waals surface area contributed by atoms with Crippen molar-refractivity contribution in [3.63, 3.8) is 0 Å². The number of fused-ring (bicyclic) bond motifs is 1. The number of H-pyrrole nitrogens is 2. The molecule has 0 spiro atoms. The number of imidazole rings is 1. The van der Waals surface area contributed by atoms with Crippen LogP contribution in [0.4, 0.5) is 4.39 Å². The van der Waals surface area contributed by atoms with Crippen LogP contribution in [-0.4, -0.2) is 19.9 Å². The first kappa shape index (κ1) is 15.3. The van der Waals surface area contributed by atoms with Crippen molar-refractivity contribution in [3.05, 3.63) is 82.5 Å². The summed E-state index contributed by atoms with van der Waals surface area (Å²) in [6, 6.07) is 13.6. The normalized spacial score (nSPS) is 11.1. The van der Waals surface area contributed by atoms with Gasteiger partial charge in [-0.05, 0) is 24.3 Å². The number of halogens is 1. The summed E-state index contributed by atoms with van der Waals surface area (Å²) in [4.78, 5) is 26.9. The number of para-hydroxylation sites is 1. The van der Waals surface area contributed by atoms with Crippen molar-refractivity contribution in [3.8, 4) is 11.3 Å². The molecule has 2 N–H and O–H groups in total. The van der Waals surface area contributed by atoms with Gasteiger partial charge in [0.1, 0.15) is 17.5 Å². The number of benzene rings is 2. The van der Waals surface area contributed by atoms with E-state index in [0.717, 1.165) is 17.1 Å². The quantitative estimate of drug-likeness (QED) is 0.602. The molecule has 0 saturated heterocycles. The molecule has 25 heavy (non-hydrogen) atoms. The summed E-state index contributed by atoms with van der Waals surface area (Å²) in [5.74, 6) is 1.09. The van der Waals surface area contributed by atoms with Crippen molar-refractivity contribution in [2.75, 3.05) is 0 Å². The maximum atomic E-state index is 13.3. The monoisotopic (exact) mass is 334 g/mol. The maximum absolute atomic E-state index is 13.3. The van der Waals surface area contributed by atoms with Crippen LogP contribution in [-0.2, 0) is 12.8 Å². The minimum atomic E-state index is -0.286. The first-order valence-electron chi connectivity index (χ1n) is 7.97. The zero-order chi connectivity index (χ0) is 17.2. The molecule has 0 fully saturated rings. The highest BCUT2D eigenvalue weighted by molar-refractivity contribution is 5.77. The molecule has 2 aromatic carbocycles. The Hall–Kier alpha value is -3.28. The molecule has 2 heterocycles. The standard InChI is InChI=1S/C19H15FN4O/c20-13-5-3-4-12(10-13)16-11-21-17(23-16)8-9-18-22-15-7-2-1-6-14(15)19(25)24-18/h1-7,10-11H,8-9H2,(H,21,23)(H,22,24,25). The summed E-state index contributed by atoms with van der Waals surface area (Å²) in [5, 5.41) is 0.581. The van der Waals surface area contributed by atoms with Gasteiger partial charge in [-0.3, -0.25) is 4.79 Å². The van der Waals surface area contributed by atoms with Crippen LogP contribution in [0.1, 0.15) is 11.6 Å². The number of nitrogens with zero attached hydrogens (tertiary/aromatic N) is 2. The van der Waals surface area contributed by atoms with Crippen LogP contribution in [0.5, 0.6) is 0 Å². The van der Waals surface area contributed by atoms with Crippen molar-refractivity contribution in [1.82, 2.24) is 19.9 Å². The molecule has 0 aliphatic carbocycles. The second-order valence-corrected chi connectivity index (χ2v) is 5.78. The molecule has 6 heteroatoms. The van der Waals surface area contributed by atoms with E-state index in [1.165, 1.54) is 12.1 Å². The van der Waals surface area contributed by atoms with Gasteiger partial charge in [0.25, 0.3) is 5.56 Å². The number of rotatable bonds is 4. The third kappa shape index (κ3) is 3.19. The summed E-state index contributed by atoms with van der Waals surface area (Å²) < 4.78 is 13.3. The molecule has 0 amide bonds. The van der Waals surface area contributed by atoms with Crippen molar-refractivity contribution in [1.29, 1.82) is 0 Å². The van der Waals surface area contributed by atoms with E-state index >= 15 is 0 Å². The number of hydrogen-bond acceptors (Lipinski definition) is 3. The van der Waals surface area contributed by atoms with Gasteiger partial charge in [0.05, 0.1) is 22.8 Å². The lowest BCUT2D eigenvalue weighted by molar-refractivity contribution is 0.628. The first-order chi connectivity index (χ1) is 12.2. The van der Waals surface area contributed by atoms with Crippen molar-refractivity contribution < 1.29 is 4.39 Å². The summed E-state index contributed by atoms with van der Waals surface area (Å²) in [6.07, 6.45) is 2.83. The van der Waals surface area contributed by atoms with Gasteiger partial charge in [-0.1, -0.05) is 24.3 Å². The number of aromatic nitrogens is 4. The van der Waals surface area contributed by atoms with Gasteiger partial charge < -0.3 is 9.97 Å². The number of hydrogen-bond donors (Lipinski definition) is 2. The Labute approximate surface area is 142 Å². The highest BCUT2D eigenvalue weighted by Crippen LogP contribution is 2.18. The highest BCUT2D eigenvalue weighted by atomic mass is 19.1. The Bertz CT molecular complexity index is 1100. The van der Waals surface area contributed by atoms with E-state index < -0.39 is 0 Å². The second kappa shape index (κ2) is 6.32. The van der Waals surface area contributed by atoms with Crippen molar-refractivity contribution >= 4 is 10.9 Å². The number of aromatic amines is 2. The largest absolute Gasteiger partial charge is 0.342 e. The molecule has 4 rings (SSSR count). The van der Waals surface area contributed by atoms with Crippen LogP contribution in [0.15, 0.2) is 59.5 Å². The first-order valence-corrected chi connectivity index (χ1v) is 7.97. The Balaban J connectivity index is 1.53. The fourth-order valence-electron chi connectivity index (χ4n) is 2.78. The zero-order valence-corrected chi connectivity index (χ0v) is 13.3. The van der Waals surface area contributed by atoms with Gasteiger partial charge in [-0.2, -0.15) is 0 Å². The zero-order valence-electron chi connectivity index (χ0n) is 13.3. The fourth-order valence-corrected chi connectivity index (χ4v) is 2.78. The van der Waals surface area contributed by atoms with Crippen molar-refractivity contribution in [2.24, 2.45) is 0 Å². The molecule has 0 aliphatic rings. The molecule has 0 atom stereocenters. The van der Waals surface area contributed by atoms with Gasteiger partial charge in [-0.15, -0.1) is 0 Å². The number of nitrogens with one attached hydrogen (secondary N) is 2. The SMILES string of the molecule is O=c1[nH]c(CCc2ncc(-c3cccc(F)c3)[nH]2)nc2ccccc12.